The van der Waals surface area contributed by atoms with E-state index in [1.807, 2.05) is 13.0 Å². The zero-order valence-corrected chi connectivity index (χ0v) is 16.8. The van der Waals surface area contributed by atoms with Crippen molar-refractivity contribution in [3.8, 4) is 0 Å². The summed E-state index contributed by atoms with van der Waals surface area (Å²) in [6.07, 6.45) is 0. The van der Waals surface area contributed by atoms with E-state index in [1.54, 1.807) is 19.1 Å². The van der Waals surface area contributed by atoms with Crippen LogP contribution in [0.1, 0.15) is 52.5 Å². The lowest BCUT2D eigenvalue weighted by atomic mass is 10.0. The Hall–Kier alpha value is -2.40. The number of esters is 1. The number of thiocarbonyl (C=S) groups is 1. The molecule has 0 spiro atoms. The van der Waals surface area contributed by atoms with Crippen LogP contribution >= 0.6 is 12.2 Å². The molecule has 0 amide bonds. The van der Waals surface area contributed by atoms with Gasteiger partial charge in [-0.05, 0) is 75.7 Å². The van der Waals surface area contributed by atoms with E-state index in [4.69, 9.17) is 17.0 Å². The Bertz CT molecular complexity index is 818. The first-order chi connectivity index (χ1) is 12.3. The molecule has 5 heteroatoms. The maximum Gasteiger partial charge on any atom is 0.338 e. The predicted octanol–water partition coefficient (Wildman–Crippen LogP) is 4.84. The van der Waals surface area contributed by atoms with Crippen LogP contribution in [0.15, 0.2) is 36.4 Å². The van der Waals surface area contributed by atoms with Gasteiger partial charge in [0.2, 0.25) is 0 Å². The van der Waals surface area contributed by atoms with Gasteiger partial charge in [0.05, 0.1) is 18.2 Å². The molecule has 0 aliphatic heterocycles. The molecular formula is C21H26N2O2S. The van der Waals surface area contributed by atoms with Crippen LogP contribution in [0.4, 0.5) is 5.69 Å². The van der Waals surface area contributed by atoms with Gasteiger partial charge in [-0.1, -0.05) is 29.8 Å². The van der Waals surface area contributed by atoms with E-state index in [-0.39, 0.29) is 12.0 Å². The number of carbonyl (C=O) groups excluding carboxylic acids is 1. The van der Waals surface area contributed by atoms with Crippen LogP contribution in [0.5, 0.6) is 0 Å². The van der Waals surface area contributed by atoms with E-state index < -0.39 is 0 Å². The normalized spacial score (nSPS) is 11.6. The minimum Gasteiger partial charge on any atom is -0.462 e. The molecule has 0 saturated heterocycles. The van der Waals surface area contributed by atoms with E-state index in [0.717, 1.165) is 11.3 Å². The molecule has 2 aromatic carbocycles. The molecular weight excluding hydrogens is 344 g/mol. The minimum absolute atomic E-state index is 0.0726. The molecule has 0 fully saturated rings. The van der Waals surface area contributed by atoms with Crippen LogP contribution in [-0.2, 0) is 4.74 Å². The number of hydrogen-bond donors (Lipinski definition) is 2. The molecule has 2 N–H and O–H groups in total. The molecule has 0 bridgehead atoms. The second kappa shape index (κ2) is 8.81. The lowest BCUT2D eigenvalue weighted by molar-refractivity contribution is 0.0526. The standard InChI is InChI=1S/C21H26N2O2S/c1-6-25-20(24)17-10-9-15(4)19(12-17)23-21(26)22-16(5)18-11-13(2)7-8-14(18)3/h7-12,16H,6H2,1-5H3,(H2,22,23,26). The van der Waals surface area contributed by atoms with E-state index in [0.29, 0.717) is 17.3 Å². The Morgan fingerprint density at radius 1 is 1.12 bits per heavy atom. The summed E-state index contributed by atoms with van der Waals surface area (Å²) in [6, 6.07) is 11.9. The van der Waals surface area contributed by atoms with Gasteiger partial charge in [0, 0.05) is 5.69 Å². The van der Waals surface area contributed by atoms with Crippen molar-refractivity contribution in [2.75, 3.05) is 11.9 Å². The molecule has 26 heavy (non-hydrogen) atoms. The summed E-state index contributed by atoms with van der Waals surface area (Å²) in [5, 5.41) is 7.03. The third-order valence-electron chi connectivity index (χ3n) is 4.25. The highest BCUT2D eigenvalue weighted by atomic mass is 32.1. The van der Waals surface area contributed by atoms with Gasteiger partial charge in [-0.2, -0.15) is 0 Å². The first-order valence-electron chi connectivity index (χ1n) is 8.74. The fourth-order valence-electron chi connectivity index (χ4n) is 2.76. The molecule has 2 rings (SSSR count). The second-order valence-electron chi connectivity index (χ2n) is 6.43. The quantitative estimate of drug-likeness (QED) is 0.583. The van der Waals surface area contributed by atoms with Crippen LogP contribution in [0, 0.1) is 20.8 Å². The van der Waals surface area contributed by atoms with Crippen molar-refractivity contribution >= 4 is 29.0 Å². The monoisotopic (exact) mass is 370 g/mol. The van der Waals surface area contributed by atoms with Crippen LogP contribution in [0.3, 0.4) is 0 Å². The van der Waals surface area contributed by atoms with E-state index >= 15 is 0 Å². The van der Waals surface area contributed by atoms with Crippen molar-refractivity contribution < 1.29 is 9.53 Å². The SMILES string of the molecule is CCOC(=O)c1ccc(C)c(NC(=S)NC(C)c2cc(C)ccc2C)c1. The van der Waals surface area contributed by atoms with Gasteiger partial charge in [-0.3, -0.25) is 0 Å². The smallest absolute Gasteiger partial charge is 0.338 e. The summed E-state index contributed by atoms with van der Waals surface area (Å²) in [7, 11) is 0. The van der Waals surface area contributed by atoms with Crippen molar-refractivity contribution in [2.24, 2.45) is 0 Å². The molecule has 0 aromatic heterocycles. The lowest BCUT2D eigenvalue weighted by Gasteiger charge is -2.20. The number of carbonyl (C=O) groups is 1. The van der Waals surface area contributed by atoms with Gasteiger partial charge in [0.15, 0.2) is 5.11 Å². The average molecular weight is 371 g/mol. The number of benzene rings is 2. The predicted molar refractivity (Wildman–Crippen MR) is 111 cm³/mol. The number of nitrogens with one attached hydrogen (secondary N) is 2. The summed E-state index contributed by atoms with van der Waals surface area (Å²) in [4.78, 5) is 11.9. The van der Waals surface area contributed by atoms with Crippen molar-refractivity contribution in [3.05, 3.63) is 64.2 Å². The fourth-order valence-corrected chi connectivity index (χ4v) is 3.04. The summed E-state index contributed by atoms with van der Waals surface area (Å²) >= 11 is 5.47. The molecule has 0 heterocycles. The molecule has 138 valence electrons. The zero-order chi connectivity index (χ0) is 19.3. The van der Waals surface area contributed by atoms with Gasteiger partial charge in [0.25, 0.3) is 0 Å². The van der Waals surface area contributed by atoms with E-state index in [1.165, 1.54) is 16.7 Å². The zero-order valence-electron chi connectivity index (χ0n) is 16.0. The highest BCUT2D eigenvalue weighted by molar-refractivity contribution is 7.80. The van der Waals surface area contributed by atoms with Crippen molar-refractivity contribution in [3.63, 3.8) is 0 Å². The number of anilines is 1. The maximum atomic E-state index is 11.9. The van der Waals surface area contributed by atoms with Gasteiger partial charge < -0.3 is 15.4 Å². The van der Waals surface area contributed by atoms with Crippen LogP contribution < -0.4 is 10.6 Å². The number of aryl methyl sites for hydroxylation is 3. The Labute approximate surface area is 161 Å². The van der Waals surface area contributed by atoms with E-state index in [2.05, 4.69) is 49.6 Å². The maximum absolute atomic E-state index is 11.9. The minimum atomic E-state index is -0.335. The topological polar surface area (TPSA) is 50.4 Å². The molecule has 0 radical (unpaired) electrons. The third-order valence-corrected chi connectivity index (χ3v) is 4.47. The Morgan fingerprint density at radius 3 is 2.50 bits per heavy atom. The van der Waals surface area contributed by atoms with E-state index in [9.17, 15) is 4.79 Å². The van der Waals surface area contributed by atoms with Gasteiger partial charge >= 0.3 is 5.97 Å². The highest BCUT2D eigenvalue weighted by Crippen LogP contribution is 2.21. The van der Waals surface area contributed by atoms with Crippen molar-refractivity contribution in [2.45, 2.75) is 40.7 Å². The van der Waals surface area contributed by atoms with Crippen LogP contribution in [0.25, 0.3) is 0 Å². The van der Waals surface area contributed by atoms with Crippen molar-refractivity contribution in [1.82, 2.24) is 5.32 Å². The lowest BCUT2D eigenvalue weighted by Crippen LogP contribution is -2.31. The molecule has 4 nitrogen and oxygen atoms in total. The summed E-state index contributed by atoms with van der Waals surface area (Å²) < 4.78 is 5.06. The Balaban J connectivity index is 2.11. The highest BCUT2D eigenvalue weighted by Gasteiger charge is 2.13. The number of hydrogen-bond acceptors (Lipinski definition) is 3. The fraction of sp³-hybridized carbons (Fsp3) is 0.333. The molecule has 0 aliphatic carbocycles. The summed E-state index contributed by atoms with van der Waals surface area (Å²) in [5.74, 6) is -0.335. The number of ether oxygens (including phenoxy) is 1. The van der Waals surface area contributed by atoms with Crippen LogP contribution in [-0.4, -0.2) is 17.7 Å². The average Bonchev–Trinajstić information content (AvgIpc) is 2.59. The Morgan fingerprint density at radius 2 is 1.81 bits per heavy atom. The molecule has 0 aliphatic rings. The number of rotatable bonds is 5. The van der Waals surface area contributed by atoms with Gasteiger partial charge in [0.1, 0.15) is 0 Å². The molecule has 0 saturated carbocycles. The molecule has 2 aromatic rings. The summed E-state index contributed by atoms with van der Waals surface area (Å²) in [6.45, 7) is 10.4. The third kappa shape index (κ3) is 5.05. The molecule has 1 unspecified atom stereocenters. The second-order valence-corrected chi connectivity index (χ2v) is 6.84. The van der Waals surface area contributed by atoms with Crippen molar-refractivity contribution in [1.29, 1.82) is 0 Å². The largest absolute Gasteiger partial charge is 0.462 e. The molecule has 1 atom stereocenters. The van der Waals surface area contributed by atoms with Gasteiger partial charge in [-0.15, -0.1) is 0 Å². The first-order valence-corrected chi connectivity index (χ1v) is 9.15. The first kappa shape index (κ1) is 19.9. The Kier molecular flexibility index (Phi) is 6.75. The summed E-state index contributed by atoms with van der Waals surface area (Å²) in [5.41, 5.74) is 5.95. The van der Waals surface area contributed by atoms with Crippen LogP contribution in [0.2, 0.25) is 0 Å². The van der Waals surface area contributed by atoms with Gasteiger partial charge in [-0.25, -0.2) is 4.79 Å².